The number of H-pyrrole nitrogens is 1. The Morgan fingerprint density at radius 1 is 1.16 bits per heavy atom. The van der Waals surface area contributed by atoms with E-state index in [9.17, 15) is 4.79 Å². The number of aryl methyl sites for hydroxylation is 1. The van der Waals surface area contributed by atoms with E-state index in [-0.39, 0.29) is 5.60 Å². The molecule has 2 saturated heterocycles. The number of aromatic nitrogens is 1. The third kappa shape index (κ3) is 5.37. The third-order valence-electron chi connectivity index (χ3n) is 7.85. The fourth-order valence-electron chi connectivity index (χ4n) is 5.60. The van der Waals surface area contributed by atoms with Gasteiger partial charge in [-0.3, -0.25) is 4.79 Å². The Kier molecular flexibility index (Phi) is 6.84. The van der Waals surface area contributed by atoms with Gasteiger partial charge in [-0.1, -0.05) is 18.2 Å². The average Bonchev–Trinajstić information content (AvgIpc) is 3.56. The number of carbonyl (C=O) groups is 1. The van der Waals surface area contributed by atoms with Gasteiger partial charge in [-0.15, -0.1) is 0 Å². The van der Waals surface area contributed by atoms with Gasteiger partial charge < -0.3 is 19.4 Å². The second-order valence-electron chi connectivity index (χ2n) is 10.3. The summed E-state index contributed by atoms with van der Waals surface area (Å²) >= 11 is 0. The van der Waals surface area contributed by atoms with Crippen LogP contribution in [0.15, 0.2) is 30.5 Å². The van der Waals surface area contributed by atoms with E-state index in [1.165, 1.54) is 29.3 Å². The highest BCUT2D eigenvalue weighted by Crippen LogP contribution is 2.39. The summed E-state index contributed by atoms with van der Waals surface area (Å²) < 4.78 is 12.2. The fraction of sp³-hybridized carbons (Fsp3) is 0.667. The van der Waals surface area contributed by atoms with E-state index in [1.54, 1.807) is 0 Å². The van der Waals surface area contributed by atoms with Crippen molar-refractivity contribution in [3.8, 4) is 0 Å². The molecule has 2 aromatic rings. The predicted octanol–water partition coefficient (Wildman–Crippen LogP) is 5.10. The number of ether oxygens (including phenoxy) is 2. The zero-order valence-electron chi connectivity index (χ0n) is 19.3. The molecule has 1 spiro atoms. The third-order valence-corrected chi connectivity index (χ3v) is 7.85. The number of hydrogen-bond donors (Lipinski definition) is 1. The molecule has 1 amide bonds. The molecule has 1 N–H and O–H groups in total. The number of benzene rings is 1. The van der Waals surface area contributed by atoms with Crippen LogP contribution >= 0.6 is 0 Å². The first-order valence-electron chi connectivity index (χ1n) is 12.8. The molecule has 3 heterocycles. The number of aromatic amines is 1. The van der Waals surface area contributed by atoms with Crippen LogP contribution in [0.3, 0.4) is 0 Å². The molecule has 1 aliphatic carbocycles. The van der Waals surface area contributed by atoms with Gasteiger partial charge in [0.1, 0.15) is 0 Å². The smallest absolute Gasteiger partial charge is 0.222 e. The van der Waals surface area contributed by atoms with Gasteiger partial charge in [0.15, 0.2) is 0 Å². The van der Waals surface area contributed by atoms with Crippen molar-refractivity contribution in [3.05, 3.63) is 36.0 Å². The lowest BCUT2D eigenvalue weighted by molar-refractivity contribution is -0.148. The van der Waals surface area contributed by atoms with Crippen LogP contribution in [-0.2, 0) is 20.7 Å². The van der Waals surface area contributed by atoms with Crippen LogP contribution in [0.25, 0.3) is 10.9 Å². The Morgan fingerprint density at radius 2 is 2.00 bits per heavy atom. The molecule has 0 radical (unpaired) electrons. The number of hydrogen-bond acceptors (Lipinski definition) is 3. The maximum atomic E-state index is 12.8. The Bertz CT molecular complexity index is 895. The Morgan fingerprint density at radius 3 is 2.84 bits per heavy atom. The van der Waals surface area contributed by atoms with Crippen molar-refractivity contribution < 1.29 is 14.3 Å². The minimum absolute atomic E-state index is 0.000226. The quantitative estimate of drug-likeness (QED) is 0.555. The van der Waals surface area contributed by atoms with Gasteiger partial charge in [-0.05, 0) is 81.3 Å². The lowest BCUT2D eigenvalue weighted by Crippen LogP contribution is -2.50. The molecule has 5 heteroatoms. The summed E-state index contributed by atoms with van der Waals surface area (Å²) in [6.07, 6.45) is 12.7. The summed E-state index contributed by atoms with van der Waals surface area (Å²) in [5, 5.41) is 1.28. The largest absolute Gasteiger partial charge is 0.381 e. The molecular weight excluding hydrogens is 400 g/mol. The van der Waals surface area contributed by atoms with E-state index in [0.29, 0.717) is 18.2 Å². The first kappa shape index (κ1) is 22.0. The van der Waals surface area contributed by atoms with E-state index < -0.39 is 0 Å². The summed E-state index contributed by atoms with van der Waals surface area (Å²) in [4.78, 5) is 18.2. The standard InChI is InChI=1S/C27H38N2O3/c30-26(7-3-4-23-19-28-25-6-2-1-5-24(23)25)29-14-12-27(13-15-29)18-21(11-17-32-27)10-16-31-20-22-8-9-22/h1-2,5-6,19,21-22,28H,3-4,7-18,20H2. The topological polar surface area (TPSA) is 54.6 Å². The Hall–Kier alpha value is -1.85. The molecular formula is C27H38N2O3. The number of carbonyl (C=O) groups excluding carboxylic acids is 1. The zero-order chi connectivity index (χ0) is 21.8. The summed E-state index contributed by atoms with van der Waals surface area (Å²) in [6.45, 7) is 4.42. The maximum absolute atomic E-state index is 12.8. The number of nitrogens with zero attached hydrogens (tertiary/aromatic N) is 1. The minimum Gasteiger partial charge on any atom is -0.381 e. The molecule has 2 aliphatic heterocycles. The van der Waals surface area contributed by atoms with Crippen molar-refractivity contribution in [1.82, 2.24) is 9.88 Å². The van der Waals surface area contributed by atoms with Crippen LogP contribution in [-0.4, -0.2) is 54.3 Å². The van der Waals surface area contributed by atoms with Crippen LogP contribution in [0, 0.1) is 11.8 Å². The van der Waals surface area contributed by atoms with Crippen molar-refractivity contribution >= 4 is 16.8 Å². The number of piperidine rings is 1. The van der Waals surface area contributed by atoms with E-state index in [0.717, 1.165) is 83.8 Å². The summed E-state index contributed by atoms with van der Waals surface area (Å²) in [7, 11) is 0. The van der Waals surface area contributed by atoms with Gasteiger partial charge >= 0.3 is 0 Å². The summed E-state index contributed by atoms with van der Waals surface area (Å²) in [5.74, 6) is 1.86. The molecule has 5 nitrogen and oxygen atoms in total. The van der Waals surface area contributed by atoms with Crippen LogP contribution in [0.5, 0.6) is 0 Å². The van der Waals surface area contributed by atoms with Crippen molar-refractivity contribution in [2.24, 2.45) is 11.8 Å². The predicted molar refractivity (Wildman–Crippen MR) is 127 cm³/mol. The van der Waals surface area contributed by atoms with Gasteiger partial charge in [0, 0.05) is 56.4 Å². The van der Waals surface area contributed by atoms with Crippen molar-refractivity contribution in [2.75, 3.05) is 32.9 Å². The SMILES string of the molecule is O=C(CCCc1c[nH]c2ccccc12)N1CCC2(CC1)CC(CCOCC1CC1)CCO2. The minimum atomic E-state index is 0.000226. The molecule has 3 fully saturated rings. The van der Waals surface area contributed by atoms with Gasteiger partial charge in [-0.2, -0.15) is 0 Å². The fourth-order valence-corrected chi connectivity index (χ4v) is 5.60. The van der Waals surface area contributed by atoms with Gasteiger partial charge in [0.2, 0.25) is 5.91 Å². The second kappa shape index (κ2) is 9.96. The van der Waals surface area contributed by atoms with Crippen molar-refractivity contribution in [3.63, 3.8) is 0 Å². The highest BCUT2D eigenvalue weighted by atomic mass is 16.5. The van der Waals surface area contributed by atoms with Crippen LogP contribution in [0.2, 0.25) is 0 Å². The molecule has 1 aromatic heterocycles. The molecule has 1 saturated carbocycles. The number of likely N-dealkylation sites (tertiary alicyclic amines) is 1. The summed E-state index contributed by atoms with van der Waals surface area (Å²) in [5.41, 5.74) is 2.49. The number of para-hydroxylation sites is 1. The van der Waals surface area contributed by atoms with Crippen LogP contribution in [0.4, 0.5) is 0 Å². The zero-order valence-corrected chi connectivity index (χ0v) is 19.3. The van der Waals surface area contributed by atoms with E-state index in [2.05, 4.69) is 40.3 Å². The first-order valence-corrected chi connectivity index (χ1v) is 12.8. The first-order chi connectivity index (χ1) is 15.7. The van der Waals surface area contributed by atoms with Gasteiger partial charge in [0.25, 0.3) is 0 Å². The molecule has 1 atom stereocenters. The van der Waals surface area contributed by atoms with E-state index in [1.807, 2.05) is 0 Å². The van der Waals surface area contributed by atoms with Gasteiger partial charge in [-0.25, -0.2) is 0 Å². The molecule has 0 bridgehead atoms. The van der Waals surface area contributed by atoms with Crippen molar-refractivity contribution in [2.45, 2.75) is 69.8 Å². The highest BCUT2D eigenvalue weighted by molar-refractivity contribution is 5.83. The highest BCUT2D eigenvalue weighted by Gasteiger charge is 2.40. The Balaban J connectivity index is 1.03. The number of fused-ring (bicyclic) bond motifs is 1. The average molecular weight is 439 g/mol. The van der Waals surface area contributed by atoms with E-state index in [4.69, 9.17) is 9.47 Å². The lowest BCUT2D eigenvalue weighted by Gasteiger charge is -2.46. The number of amides is 1. The summed E-state index contributed by atoms with van der Waals surface area (Å²) in [6, 6.07) is 8.39. The molecule has 1 aromatic carbocycles. The van der Waals surface area contributed by atoms with Gasteiger partial charge in [0.05, 0.1) is 5.60 Å². The molecule has 5 rings (SSSR count). The molecule has 3 aliphatic rings. The maximum Gasteiger partial charge on any atom is 0.222 e. The van der Waals surface area contributed by atoms with Crippen LogP contribution in [0.1, 0.15) is 63.4 Å². The normalized spacial score (nSPS) is 23.1. The molecule has 174 valence electrons. The van der Waals surface area contributed by atoms with Crippen LogP contribution < -0.4 is 0 Å². The molecule has 32 heavy (non-hydrogen) atoms. The number of nitrogens with one attached hydrogen (secondary N) is 1. The lowest BCUT2D eigenvalue weighted by atomic mass is 9.78. The van der Waals surface area contributed by atoms with E-state index >= 15 is 0 Å². The Labute approximate surface area is 191 Å². The monoisotopic (exact) mass is 438 g/mol. The molecule has 1 unspecified atom stereocenters. The van der Waals surface area contributed by atoms with Crippen molar-refractivity contribution in [1.29, 1.82) is 0 Å². The number of rotatable bonds is 9. The second-order valence-corrected chi connectivity index (χ2v) is 10.3.